The Balaban J connectivity index is 1.68. The standard InChI is InChI=1S/C18H21ClN2O3/c1-13-11-21(7-8-23-13)15-9-17(19)20-18(10-15)24-12-14-3-5-16(22-2)6-4-14/h3-6,9-10,13H,7-8,11-12H2,1-2H3/t13-/m1/s1. The second kappa shape index (κ2) is 7.73. The molecule has 6 heteroatoms. The molecule has 0 bridgehead atoms. The van der Waals surface area contributed by atoms with Crippen LogP contribution in [0, 0.1) is 0 Å². The molecule has 0 spiro atoms. The van der Waals surface area contributed by atoms with Crippen LogP contribution in [0.25, 0.3) is 0 Å². The molecule has 1 saturated heterocycles. The number of rotatable bonds is 5. The monoisotopic (exact) mass is 348 g/mol. The molecular weight excluding hydrogens is 328 g/mol. The summed E-state index contributed by atoms with van der Waals surface area (Å²) in [6.45, 7) is 4.87. The first-order chi connectivity index (χ1) is 11.6. The molecule has 5 nitrogen and oxygen atoms in total. The minimum atomic E-state index is 0.203. The molecular formula is C18H21ClN2O3. The molecule has 128 valence electrons. The third kappa shape index (κ3) is 4.30. The number of hydrogen-bond donors (Lipinski definition) is 0. The van der Waals surface area contributed by atoms with Crippen LogP contribution in [0.5, 0.6) is 11.6 Å². The van der Waals surface area contributed by atoms with Crippen molar-refractivity contribution in [3.63, 3.8) is 0 Å². The van der Waals surface area contributed by atoms with Crippen LogP contribution in [0.4, 0.5) is 5.69 Å². The van der Waals surface area contributed by atoms with Crippen molar-refractivity contribution in [3.8, 4) is 11.6 Å². The maximum atomic E-state index is 6.16. The van der Waals surface area contributed by atoms with E-state index in [0.29, 0.717) is 24.2 Å². The molecule has 0 N–H and O–H groups in total. The van der Waals surface area contributed by atoms with Crippen LogP contribution in [-0.2, 0) is 11.3 Å². The van der Waals surface area contributed by atoms with E-state index >= 15 is 0 Å². The Labute approximate surface area is 147 Å². The molecule has 1 fully saturated rings. The number of methoxy groups -OCH3 is 1. The van der Waals surface area contributed by atoms with Gasteiger partial charge < -0.3 is 19.1 Å². The number of ether oxygens (including phenoxy) is 3. The van der Waals surface area contributed by atoms with E-state index < -0.39 is 0 Å². The molecule has 0 radical (unpaired) electrons. The first-order valence-corrected chi connectivity index (χ1v) is 8.31. The van der Waals surface area contributed by atoms with Crippen molar-refractivity contribution in [2.24, 2.45) is 0 Å². The minimum absolute atomic E-state index is 0.203. The zero-order valence-corrected chi connectivity index (χ0v) is 14.6. The number of halogens is 1. The SMILES string of the molecule is COc1ccc(COc2cc(N3CCO[C@H](C)C3)cc(Cl)n2)cc1. The number of pyridine rings is 1. The lowest BCUT2D eigenvalue weighted by molar-refractivity contribution is 0.0532. The second-order valence-corrected chi connectivity index (χ2v) is 6.14. The van der Waals surface area contributed by atoms with Gasteiger partial charge in [0.15, 0.2) is 0 Å². The lowest BCUT2D eigenvalue weighted by atomic mass is 10.2. The number of morpholine rings is 1. The predicted molar refractivity (Wildman–Crippen MR) is 94.2 cm³/mol. The summed E-state index contributed by atoms with van der Waals surface area (Å²) in [4.78, 5) is 6.50. The number of hydrogen-bond acceptors (Lipinski definition) is 5. The van der Waals surface area contributed by atoms with Crippen LogP contribution < -0.4 is 14.4 Å². The zero-order chi connectivity index (χ0) is 16.9. The summed E-state index contributed by atoms with van der Waals surface area (Å²) >= 11 is 6.16. The second-order valence-electron chi connectivity index (χ2n) is 5.75. The molecule has 24 heavy (non-hydrogen) atoms. The van der Waals surface area contributed by atoms with Gasteiger partial charge in [-0.1, -0.05) is 23.7 Å². The van der Waals surface area contributed by atoms with Gasteiger partial charge in [-0.2, -0.15) is 0 Å². The third-order valence-electron chi connectivity index (χ3n) is 3.91. The molecule has 1 aromatic heterocycles. The Hall–Kier alpha value is -1.98. The summed E-state index contributed by atoms with van der Waals surface area (Å²) in [7, 11) is 1.65. The molecule has 2 aromatic rings. The number of benzene rings is 1. The van der Waals surface area contributed by atoms with Gasteiger partial charge in [0.1, 0.15) is 17.5 Å². The van der Waals surface area contributed by atoms with Gasteiger partial charge in [0.05, 0.1) is 19.8 Å². The molecule has 2 heterocycles. The topological polar surface area (TPSA) is 43.8 Å². The van der Waals surface area contributed by atoms with E-state index in [1.807, 2.05) is 36.4 Å². The largest absolute Gasteiger partial charge is 0.497 e. The molecule has 0 amide bonds. The maximum absolute atomic E-state index is 6.16. The van der Waals surface area contributed by atoms with Gasteiger partial charge in [-0.15, -0.1) is 0 Å². The van der Waals surface area contributed by atoms with Crippen molar-refractivity contribution in [2.45, 2.75) is 19.6 Å². The Morgan fingerprint density at radius 2 is 2.08 bits per heavy atom. The van der Waals surface area contributed by atoms with Gasteiger partial charge in [-0.3, -0.25) is 0 Å². The van der Waals surface area contributed by atoms with E-state index in [-0.39, 0.29) is 6.10 Å². The van der Waals surface area contributed by atoms with Crippen LogP contribution >= 0.6 is 11.6 Å². The van der Waals surface area contributed by atoms with Crippen LogP contribution in [0.15, 0.2) is 36.4 Å². The molecule has 1 atom stereocenters. The highest BCUT2D eigenvalue weighted by molar-refractivity contribution is 6.29. The van der Waals surface area contributed by atoms with Gasteiger partial charge in [0.2, 0.25) is 5.88 Å². The summed E-state index contributed by atoms with van der Waals surface area (Å²) in [5.41, 5.74) is 2.05. The summed E-state index contributed by atoms with van der Waals surface area (Å²) in [6, 6.07) is 11.5. The fourth-order valence-corrected chi connectivity index (χ4v) is 2.84. The average molecular weight is 349 g/mol. The van der Waals surface area contributed by atoms with E-state index in [1.54, 1.807) is 7.11 Å². The summed E-state index contributed by atoms with van der Waals surface area (Å²) in [5.74, 6) is 1.34. The van der Waals surface area contributed by atoms with Gasteiger partial charge >= 0.3 is 0 Å². The third-order valence-corrected chi connectivity index (χ3v) is 4.10. The lowest BCUT2D eigenvalue weighted by Crippen LogP contribution is -2.41. The molecule has 0 saturated carbocycles. The fourth-order valence-electron chi connectivity index (χ4n) is 2.65. The van der Waals surface area contributed by atoms with Crippen LogP contribution in [-0.4, -0.2) is 37.9 Å². The molecule has 0 unspecified atom stereocenters. The summed E-state index contributed by atoms with van der Waals surface area (Å²) in [6.07, 6.45) is 0.203. The van der Waals surface area contributed by atoms with E-state index in [9.17, 15) is 0 Å². The van der Waals surface area contributed by atoms with Crippen molar-refractivity contribution < 1.29 is 14.2 Å². The van der Waals surface area contributed by atoms with Crippen molar-refractivity contribution in [2.75, 3.05) is 31.7 Å². The first-order valence-electron chi connectivity index (χ1n) is 7.94. The highest BCUT2D eigenvalue weighted by Crippen LogP contribution is 2.26. The van der Waals surface area contributed by atoms with Crippen LogP contribution in [0.1, 0.15) is 12.5 Å². The Morgan fingerprint density at radius 1 is 1.29 bits per heavy atom. The lowest BCUT2D eigenvalue weighted by Gasteiger charge is -2.33. The van der Waals surface area contributed by atoms with E-state index in [2.05, 4.69) is 16.8 Å². The highest BCUT2D eigenvalue weighted by atomic mass is 35.5. The molecule has 0 aliphatic carbocycles. The Kier molecular flexibility index (Phi) is 5.43. The van der Waals surface area contributed by atoms with Gasteiger partial charge in [0, 0.05) is 24.8 Å². The number of anilines is 1. The minimum Gasteiger partial charge on any atom is -0.497 e. The Bertz CT molecular complexity index is 678. The van der Waals surface area contributed by atoms with Gasteiger partial charge in [-0.05, 0) is 30.7 Å². The average Bonchev–Trinajstić information content (AvgIpc) is 2.60. The maximum Gasteiger partial charge on any atom is 0.217 e. The molecule has 1 aromatic carbocycles. The van der Waals surface area contributed by atoms with Crippen molar-refractivity contribution >= 4 is 17.3 Å². The predicted octanol–water partition coefficient (Wildman–Crippen LogP) is 3.55. The van der Waals surface area contributed by atoms with Crippen molar-refractivity contribution in [1.29, 1.82) is 0 Å². The van der Waals surface area contributed by atoms with Crippen LogP contribution in [0.3, 0.4) is 0 Å². The summed E-state index contributed by atoms with van der Waals surface area (Å²) < 4.78 is 16.5. The van der Waals surface area contributed by atoms with Crippen molar-refractivity contribution in [1.82, 2.24) is 4.98 Å². The van der Waals surface area contributed by atoms with E-state index in [1.165, 1.54) is 0 Å². The van der Waals surface area contributed by atoms with Crippen LogP contribution in [0.2, 0.25) is 5.15 Å². The highest BCUT2D eigenvalue weighted by Gasteiger charge is 2.18. The van der Waals surface area contributed by atoms with E-state index in [4.69, 9.17) is 25.8 Å². The number of nitrogens with zero attached hydrogens (tertiary/aromatic N) is 2. The van der Waals surface area contributed by atoms with E-state index in [0.717, 1.165) is 30.1 Å². The van der Waals surface area contributed by atoms with Gasteiger partial charge in [0.25, 0.3) is 0 Å². The first kappa shape index (κ1) is 16.9. The smallest absolute Gasteiger partial charge is 0.217 e. The molecule has 1 aliphatic rings. The fraction of sp³-hybridized carbons (Fsp3) is 0.389. The number of aromatic nitrogens is 1. The Morgan fingerprint density at radius 3 is 2.79 bits per heavy atom. The quantitative estimate of drug-likeness (QED) is 0.773. The molecule has 1 aliphatic heterocycles. The van der Waals surface area contributed by atoms with Crippen molar-refractivity contribution in [3.05, 3.63) is 47.1 Å². The summed E-state index contributed by atoms with van der Waals surface area (Å²) in [5, 5.41) is 0.427. The normalized spacial score (nSPS) is 17.6. The molecule has 3 rings (SSSR count). The van der Waals surface area contributed by atoms with Gasteiger partial charge in [-0.25, -0.2) is 4.98 Å². The zero-order valence-electron chi connectivity index (χ0n) is 13.9.